The molecule has 110 valence electrons. The van der Waals surface area contributed by atoms with Crippen molar-refractivity contribution in [1.82, 2.24) is 4.90 Å². The molecule has 1 N–H and O–H groups in total. The van der Waals surface area contributed by atoms with Gasteiger partial charge in [-0.1, -0.05) is 23.8 Å². The summed E-state index contributed by atoms with van der Waals surface area (Å²) < 4.78 is 0. The van der Waals surface area contributed by atoms with E-state index in [1.807, 2.05) is 0 Å². The van der Waals surface area contributed by atoms with Gasteiger partial charge in [0, 0.05) is 19.5 Å². The number of carboxylic acids is 1. The first-order valence-electron chi connectivity index (χ1n) is 7.55. The van der Waals surface area contributed by atoms with Crippen LogP contribution in [0.1, 0.15) is 42.4 Å². The van der Waals surface area contributed by atoms with Crippen molar-refractivity contribution < 1.29 is 9.90 Å². The quantitative estimate of drug-likeness (QED) is 0.895. The lowest BCUT2D eigenvalue weighted by atomic mass is 9.93. The molecule has 0 spiro atoms. The van der Waals surface area contributed by atoms with Gasteiger partial charge in [0.25, 0.3) is 0 Å². The molecule has 1 atom stereocenters. The standard InChI is InChI=1S/C17H25NO2/c1-13-5-6-14(2)16(10-13)12-18-9-3-4-15(11-18)7-8-17(19)20/h5-6,10,15H,3-4,7-9,11-12H2,1-2H3,(H,19,20). The highest BCUT2D eigenvalue weighted by atomic mass is 16.4. The summed E-state index contributed by atoms with van der Waals surface area (Å²) in [5.41, 5.74) is 4.07. The molecule has 0 amide bonds. The SMILES string of the molecule is Cc1ccc(C)c(CN2CCCC(CCC(=O)O)C2)c1. The molecule has 3 nitrogen and oxygen atoms in total. The lowest BCUT2D eigenvalue weighted by Crippen LogP contribution is -2.35. The third-order valence-electron chi connectivity index (χ3n) is 4.27. The van der Waals surface area contributed by atoms with E-state index in [0.717, 1.165) is 26.1 Å². The second-order valence-corrected chi connectivity index (χ2v) is 6.11. The lowest BCUT2D eigenvalue weighted by Gasteiger charge is -2.33. The molecule has 3 heteroatoms. The van der Waals surface area contributed by atoms with Crippen molar-refractivity contribution in [3.05, 3.63) is 34.9 Å². The molecule has 1 unspecified atom stereocenters. The van der Waals surface area contributed by atoms with Gasteiger partial charge in [-0.3, -0.25) is 9.69 Å². The Morgan fingerprint density at radius 2 is 2.20 bits per heavy atom. The fraction of sp³-hybridized carbons (Fsp3) is 0.588. The van der Waals surface area contributed by atoms with Gasteiger partial charge in [-0.15, -0.1) is 0 Å². The third-order valence-corrected chi connectivity index (χ3v) is 4.27. The minimum atomic E-state index is -0.670. The first kappa shape index (κ1) is 15.0. The van der Waals surface area contributed by atoms with Gasteiger partial charge in [0.1, 0.15) is 0 Å². The number of likely N-dealkylation sites (tertiary alicyclic amines) is 1. The Bertz CT molecular complexity index is 470. The zero-order valence-electron chi connectivity index (χ0n) is 12.6. The van der Waals surface area contributed by atoms with E-state index in [9.17, 15) is 4.79 Å². The van der Waals surface area contributed by atoms with E-state index >= 15 is 0 Å². The van der Waals surface area contributed by atoms with Gasteiger partial charge in [-0.05, 0) is 56.7 Å². The highest BCUT2D eigenvalue weighted by molar-refractivity contribution is 5.66. The van der Waals surface area contributed by atoms with Gasteiger partial charge in [-0.2, -0.15) is 0 Å². The van der Waals surface area contributed by atoms with E-state index < -0.39 is 5.97 Å². The maximum Gasteiger partial charge on any atom is 0.303 e. The summed E-state index contributed by atoms with van der Waals surface area (Å²) in [5.74, 6) is -0.124. The maximum absolute atomic E-state index is 10.7. The van der Waals surface area contributed by atoms with Gasteiger partial charge in [0.15, 0.2) is 0 Å². The molecular weight excluding hydrogens is 250 g/mol. The fourth-order valence-corrected chi connectivity index (χ4v) is 3.07. The largest absolute Gasteiger partial charge is 0.481 e. The summed E-state index contributed by atoms with van der Waals surface area (Å²) in [6, 6.07) is 6.62. The number of aliphatic carboxylic acids is 1. The Kier molecular flexibility index (Phi) is 5.18. The smallest absolute Gasteiger partial charge is 0.303 e. The summed E-state index contributed by atoms with van der Waals surface area (Å²) in [7, 11) is 0. The molecule has 2 rings (SSSR count). The molecule has 0 bridgehead atoms. The normalized spacial score (nSPS) is 20.0. The predicted molar refractivity (Wildman–Crippen MR) is 80.8 cm³/mol. The van der Waals surface area contributed by atoms with Gasteiger partial charge >= 0.3 is 5.97 Å². The number of hydrogen-bond acceptors (Lipinski definition) is 2. The molecular formula is C17H25NO2. The van der Waals surface area contributed by atoms with Crippen molar-refractivity contribution in [3.8, 4) is 0 Å². The summed E-state index contributed by atoms with van der Waals surface area (Å²) in [6.45, 7) is 7.48. The zero-order chi connectivity index (χ0) is 14.5. The fourth-order valence-electron chi connectivity index (χ4n) is 3.07. The molecule has 20 heavy (non-hydrogen) atoms. The average Bonchev–Trinajstić information content (AvgIpc) is 2.41. The van der Waals surface area contributed by atoms with Crippen molar-refractivity contribution in [2.45, 2.75) is 46.1 Å². The first-order valence-corrected chi connectivity index (χ1v) is 7.55. The van der Waals surface area contributed by atoms with Gasteiger partial charge in [0.05, 0.1) is 0 Å². The second-order valence-electron chi connectivity index (χ2n) is 6.11. The Morgan fingerprint density at radius 3 is 2.95 bits per heavy atom. The summed E-state index contributed by atoms with van der Waals surface area (Å²) in [6.07, 6.45) is 3.49. The van der Waals surface area contributed by atoms with Crippen LogP contribution in [0.25, 0.3) is 0 Å². The highest BCUT2D eigenvalue weighted by Gasteiger charge is 2.20. The predicted octanol–water partition coefficient (Wildman–Crippen LogP) is 3.38. The van der Waals surface area contributed by atoms with Gasteiger partial charge in [-0.25, -0.2) is 0 Å². The van der Waals surface area contributed by atoms with Crippen LogP contribution in [0.15, 0.2) is 18.2 Å². The minimum Gasteiger partial charge on any atom is -0.481 e. The number of nitrogens with zero attached hydrogens (tertiary/aromatic N) is 1. The molecule has 1 aromatic rings. The maximum atomic E-state index is 10.7. The molecule has 0 aliphatic carbocycles. The van der Waals surface area contributed by atoms with Gasteiger partial charge < -0.3 is 5.11 Å². The van der Waals surface area contributed by atoms with Crippen LogP contribution in [0.4, 0.5) is 0 Å². The van der Waals surface area contributed by atoms with E-state index in [0.29, 0.717) is 12.3 Å². The van der Waals surface area contributed by atoms with Crippen molar-refractivity contribution in [1.29, 1.82) is 0 Å². The highest BCUT2D eigenvalue weighted by Crippen LogP contribution is 2.23. The van der Waals surface area contributed by atoms with Crippen LogP contribution < -0.4 is 0 Å². The first-order chi connectivity index (χ1) is 9.54. The van der Waals surface area contributed by atoms with Crippen molar-refractivity contribution in [3.63, 3.8) is 0 Å². The number of rotatable bonds is 5. The molecule has 1 aromatic carbocycles. The van der Waals surface area contributed by atoms with E-state index in [1.54, 1.807) is 0 Å². The van der Waals surface area contributed by atoms with Crippen molar-refractivity contribution in [2.75, 3.05) is 13.1 Å². The van der Waals surface area contributed by atoms with E-state index in [2.05, 4.69) is 36.9 Å². The minimum absolute atomic E-state index is 0.308. The Morgan fingerprint density at radius 1 is 1.40 bits per heavy atom. The Labute approximate surface area is 121 Å². The monoisotopic (exact) mass is 275 g/mol. The topological polar surface area (TPSA) is 40.5 Å². The van der Waals surface area contributed by atoms with Crippen molar-refractivity contribution >= 4 is 5.97 Å². The molecule has 1 saturated heterocycles. The molecule has 0 aromatic heterocycles. The van der Waals surface area contributed by atoms with Crippen LogP contribution in [0, 0.1) is 19.8 Å². The van der Waals surface area contributed by atoms with Crippen LogP contribution in [-0.2, 0) is 11.3 Å². The van der Waals surface area contributed by atoms with E-state index in [4.69, 9.17) is 5.11 Å². The van der Waals surface area contributed by atoms with Crippen LogP contribution in [0.5, 0.6) is 0 Å². The van der Waals surface area contributed by atoms with Crippen LogP contribution >= 0.6 is 0 Å². The molecule has 1 fully saturated rings. The number of carbonyl (C=O) groups is 1. The summed E-state index contributed by atoms with van der Waals surface area (Å²) in [4.78, 5) is 13.2. The second kappa shape index (κ2) is 6.89. The summed E-state index contributed by atoms with van der Waals surface area (Å²) >= 11 is 0. The van der Waals surface area contributed by atoms with Crippen LogP contribution in [0.3, 0.4) is 0 Å². The van der Waals surface area contributed by atoms with Crippen LogP contribution in [0.2, 0.25) is 0 Å². The molecule has 1 aliphatic heterocycles. The number of carboxylic acid groups (broad SMARTS) is 1. The number of aryl methyl sites for hydroxylation is 2. The van der Waals surface area contributed by atoms with Crippen LogP contribution in [-0.4, -0.2) is 29.1 Å². The lowest BCUT2D eigenvalue weighted by molar-refractivity contribution is -0.137. The number of hydrogen-bond donors (Lipinski definition) is 1. The van der Waals surface area contributed by atoms with E-state index in [-0.39, 0.29) is 0 Å². The van der Waals surface area contributed by atoms with Gasteiger partial charge in [0.2, 0.25) is 0 Å². The Hall–Kier alpha value is -1.35. The molecule has 1 heterocycles. The van der Waals surface area contributed by atoms with E-state index in [1.165, 1.54) is 29.5 Å². The number of piperidine rings is 1. The summed E-state index contributed by atoms with van der Waals surface area (Å²) in [5, 5.41) is 8.80. The average molecular weight is 275 g/mol. The Balaban J connectivity index is 1.92. The molecule has 0 saturated carbocycles. The number of benzene rings is 1. The van der Waals surface area contributed by atoms with Crippen molar-refractivity contribution in [2.24, 2.45) is 5.92 Å². The molecule has 0 radical (unpaired) electrons. The zero-order valence-corrected chi connectivity index (χ0v) is 12.6. The third kappa shape index (κ3) is 4.34. The molecule has 1 aliphatic rings.